The number of alkyl halides is 6. The van der Waals surface area contributed by atoms with Gasteiger partial charge in [-0.2, -0.15) is 26.3 Å². The third-order valence-electron chi connectivity index (χ3n) is 1.96. The second-order valence-electron chi connectivity index (χ2n) is 4.09. The van der Waals surface area contributed by atoms with Crippen molar-refractivity contribution in [3.05, 3.63) is 23.8 Å². The Morgan fingerprint density at radius 2 is 1.00 bits per heavy atom. The first kappa shape index (κ1) is 21.9. The molecule has 0 radical (unpaired) electrons. The van der Waals surface area contributed by atoms with E-state index in [1.807, 2.05) is 0 Å². The third kappa shape index (κ3) is 12.4. The summed E-state index contributed by atoms with van der Waals surface area (Å²) in [5, 5.41) is 0. The molecule has 0 aromatic carbocycles. The normalized spacial score (nSPS) is 13.7. The van der Waals surface area contributed by atoms with Gasteiger partial charge in [-0.1, -0.05) is 0 Å². The van der Waals surface area contributed by atoms with Gasteiger partial charge in [-0.05, 0) is 12.2 Å². The van der Waals surface area contributed by atoms with Crippen LogP contribution in [0.2, 0.25) is 0 Å². The zero-order valence-electron chi connectivity index (χ0n) is 11.6. The molecule has 0 fully saturated rings. The summed E-state index contributed by atoms with van der Waals surface area (Å²) in [6, 6.07) is 0. The molecule has 0 saturated carbocycles. The van der Waals surface area contributed by atoms with Crippen LogP contribution in [0.25, 0.3) is 0 Å². The SMILES string of the molecule is O=C(OC/C(F)=C/CC(F)(F)F)C(=O)OC/C(F)=C/CC(F)(F)F. The highest BCUT2D eigenvalue weighted by Gasteiger charge is 2.27. The van der Waals surface area contributed by atoms with E-state index in [0.717, 1.165) is 0 Å². The zero-order valence-corrected chi connectivity index (χ0v) is 11.6. The lowest BCUT2D eigenvalue weighted by atomic mass is 10.3. The Morgan fingerprint density at radius 3 is 1.25 bits per heavy atom. The summed E-state index contributed by atoms with van der Waals surface area (Å²) in [7, 11) is 0. The van der Waals surface area contributed by atoms with Gasteiger partial charge >= 0.3 is 24.3 Å². The van der Waals surface area contributed by atoms with Crippen LogP contribution in [0.4, 0.5) is 35.1 Å². The molecule has 0 aliphatic heterocycles. The van der Waals surface area contributed by atoms with Crippen molar-refractivity contribution in [2.45, 2.75) is 25.2 Å². The number of ether oxygens (including phenoxy) is 2. The average Bonchev–Trinajstić information content (AvgIpc) is 2.44. The Labute approximate surface area is 129 Å². The van der Waals surface area contributed by atoms with Crippen molar-refractivity contribution in [2.24, 2.45) is 0 Å². The van der Waals surface area contributed by atoms with Crippen molar-refractivity contribution in [2.75, 3.05) is 13.2 Å². The van der Waals surface area contributed by atoms with Crippen LogP contribution in [0.15, 0.2) is 23.8 Å². The van der Waals surface area contributed by atoms with Crippen LogP contribution >= 0.6 is 0 Å². The van der Waals surface area contributed by atoms with Crippen LogP contribution in [0, 0.1) is 0 Å². The molecule has 12 heteroatoms. The fourth-order valence-electron chi connectivity index (χ4n) is 0.958. The Balaban J connectivity index is 4.23. The van der Waals surface area contributed by atoms with Crippen molar-refractivity contribution < 1.29 is 54.2 Å². The highest BCUT2D eigenvalue weighted by molar-refractivity contribution is 6.29. The lowest BCUT2D eigenvalue weighted by Crippen LogP contribution is -2.21. The molecule has 0 N–H and O–H groups in total. The maximum atomic E-state index is 12.8. The van der Waals surface area contributed by atoms with Gasteiger partial charge in [0, 0.05) is 0 Å². The van der Waals surface area contributed by atoms with E-state index in [4.69, 9.17) is 0 Å². The van der Waals surface area contributed by atoms with E-state index in [0.29, 0.717) is 0 Å². The van der Waals surface area contributed by atoms with Crippen molar-refractivity contribution in [3.63, 3.8) is 0 Å². The third-order valence-corrected chi connectivity index (χ3v) is 1.96. The summed E-state index contributed by atoms with van der Waals surface area (Å²) in [5.74, 6) is -6.70. The van der Waals surface area contributed by atoms with Crippen LogP contribution in [0.3, 0.4) is 0 Å². The topological polar surface area (TPSA) is 52.6 Å². The summed E-state index contributed by atoms with van der Waals surface area (Å²) in [4.78, 5) is 21.9. The van der Waals surface area contributed by atoms with Gasteiger partial charge in [0.15, 0.2) is 0 Å². The van der Waals surface area contributed by atoms with Gasteiger partial charge in [-0.25, -0.2) is 18.4 Å². The van der Waals surface area contributed by atoms with E-state index in [1.165, 1.54) is 0 Å². The molecule has 0 amide bonds. The first-order chi connectivity index (χ1) is 10.8. The van der Waals surface area contributed by atoms with Gasteiger partial charge in [0.25, 0.3) is 0 Å². The summed E-state index contributed by atoms with van der Waals surface area (Å²) in [6.45, 7) is -2.59. The largest absolute Gasteiger partial charge is 0.450 e. The Bertz CT molecular complexity index is 458. The van der Waals surface area contributed by atoms with Crippen LogP contribution < -0.4 is 0 Å². The molecule has 0 unspecified atom stereocenters. The van der Waals surface area contributed by atoms with Gasteiger partial charge in [0.2, 0.25) is 0 Å². The van der Waals surface area contributed by atoms with Gasteiger partial charge in [0.1, 0.15) is 24.9 Å². The Hall–Kier alpha value is -2.14. The highest BCUT2D eigenvalue weighted by atomic mass is 19.4. The van der Waals surface area contributed by atoms with E-state index in [2.05, 4.69) is 9.47 Å². The fourth-order valence-corrected chi connectivity index (χ4v) is 0.958. The Kier molecular flexibility index (Phi) is 8.40. The molecule has 138 valence electrons. The van der Waals surface area contributed by atoms with E-state index in [-0.39, 0.29) is 12.2 Å². The van der Waals surface area contributed by atoms with Crippen molar-refractivity contribution in [1.29, 1.82) is 0 Å². The number of hydrogen-bond donors (Lipinski definition) is 0. The minimum atomic E-state index is -4.68. The molecule has 0 aromatic heterocycles. The van der Waals surface area contributed by atoms with Crippen LogP contribution in [0.1, 0.15) is 12.8 Å². The maximum absolute atomic E-state index is 12.8. The van der Waals surface area contributed by atoms with Crippen LogP contribution in [0.5, 0.6) is 0 Å². The quantitative estimate of drug-likeness (QED) is 0.407. The standard InChI is InChI=1S/C12H10F8O4/c13-7(1-3-11(15,16)17)5-23-9(21)10(22)24-6-8(14)2-4-12(18,19)20/h1-2H,3-6H2/b7-1-,8-2-. The minimum Gasteiger partial charge on any atom is -0.450 e. The second-order valence-corrected chi connectivity index (χ2v) is 4.09. The molecule has 0 spiro atoms. The first-order valence-corrected chi connectivity index (χ1v) is 5.96. The van der Waals surface area contributed by atoms with Gasteiger partial charge in [0.05, 0.1) is 12.8 Å². The van der Waals surface area contributed by atoms with E-state index in [9.17, 15) is 44.7 Å². The summed E-state index contributed by atoms with van der Waals surface area (Å²) < 4.78 is 104. The van der Waals surface area contributed by atoms with Gasteiger partial charge in [-0.15, -0.1) is 0 Å². The van der Waals surface area contributed by atoms with Crippen molar-refractivity contribution in [1.82, 2.24) is 0 Å². The summed E-state index contributed by atoms with van der Waals surface area (Å²) in [5.41, 5.74) is 0. The molecular weight excluding hydrogens is 360 g/mol. The highest BCUT2D eigenvalue weighted by Crippen LogP contribution is 2.21. The molecular formula is C12H10F8O4. The molecule has 0 bridgehead atoms. The lowest BCUT2D eigenvalue weighted by molar-refractivity contribution is -0.167. The molecule has 0 saturated heterocycles. The molecule has 0 atom stereocenters. The van der Waals surface area contributed by atoms with Crippen molar-refractivity contribution in [3.8, 4) is 0 Å². The van der Waals surface area contributed by atoms with Crippen LogP contribution in [-0.2, 0) is 19.1 Å². The number of rotatable bonds is 6. The molecule has 0 aromatic rings. The minimum absolute atomic E-state index is 0.0676. The number of esters is 2. The van der Waals surface area contributed by atoms with E-state index in [1.54, 1.807) is 0 Å². The molecule has 4 nitrogen and oxygen atoms in total. The summed E-state index contributed by atoms with van der Waals surface area (Å²) in [6.07, 6.45) is -12.5. The predicted octanol–water partition coefficient (Wildman–Crippen LogP) is 3.68. The predicted molar refractivity (Wildman–Crippen MR) is 61.6 cm³/mol. The smallest absolute Gasteiger partial charge is 0.417 e. The van der Waals surface area contributed by atoms with Crippen LogP contribution in [-0.4, -0.2) is 37.5 Å². The average molecular weight is 370 g/mol. The number of hydrogen-bond acceptors (Lipinski definition) is 4. The molecule has 0 aliphatic rings. The maximum Gasteiger partial charge on any atom is 0.417 e. The van der Waals surface area contributed by atoms with E-state index < -0.39 is 62.0 Å². The summed E-state index contributed by atoms with van der Waals surface area (Å²) >= 11 is 0. The van der Waals surface area contributed by atoms with Crippen molar-refractivity contribution >= 4 is 11.9 Å². The molecule has 24 heavy (non-hydrogen) atoms. The first-order valence-electron chi connectivity index (χ1n) is 5.96. The number of carbonyl (C=O) groups is 2. The van der Waals surface area contributed by atoms with Gasteiger partial charge in [-0.3, -0.25) is 0 Å². The van der Waals surface area contributed by atoms with Gasteiger partial charge < -0.3 is 9.47 Å². The number of allylic oxidation sites excluding steroid dienone is 2. The molecule has 0 rings (SSSR count). The second kappa shape index (κ2) is 9.23. The molecule has 0 heterocycles. The molecule has 0 aliphatic carbocycles. The Morgan fingerprint density at radius 1 is 0.708 bits per heavy atom. The number of halogens is 8. The fraction of sp³-hybridized carbons (Fsp3) is 0.500. The van der Waals surface area contributed by atoms with E-state index >= 15 is 0 Å². The monoisotopic (exact) mass is 370 g/mol. The zero-order chi connectivity index (χ0) is 19.0. The lowest BCUT2D eigenvalue weighted by Gasteiger charge is -2.05. The number of carbonyl (C=O) groups excluding carboxylic acids is 2.